The fraction of sp³-hybridized carbons (Fsp3) is 0.529. The number of aliphatic carboxylic acids is 1. The first-order valence-corrected chi connectivity index (χ1v) is 8.26. The molecular formula is C17H25ClN2O3. The molecule has 128 valence electrons. The number of hydrogen-bond acceptors (Lipinski definition) is 3. The molecule has 6 heteroatoms. The van der Waals surface area contributed by atoms with Crippen molar-refractivity contribution < 1.29 is 14.7 Å². The molecule has 23 heavy (non-hydrogen) atoms. The minimum Gasteiger partial charge on any atom is -0.480 e. The zero-order valence-corrected chi connectivity index (χ0v) is 14.6. The number of anilines is 1. The molecule has 3 N–H and O–H groups in total. The number of benzene rings is 1. The molecule has 1 aromatic carbocycles. The molecule has 0 aliphatic rings. The molecule has 0 aromatic heterocycles. The lowest BCUT2D eigenvalue weighted by molar-refractivity contribution is -0.140. The Kier molecular flexibility index (Phi) is 8.06. The van der Waals surface area contributed by atoms with Gasteiger partial charge in [0.05, 0.1) is 0 Å². The lowest BCUT2D eigenvalue weighted by Crippen LogP contribution is -2.43. The van der Waals surface area contributed by atoms with Gasteiger partial charge in [-0.2, -0.15) is 0 Å². The maximum Gasteiger partial charge on any atom is 0.320 e. The Hall–Kier alpha value is -1.59. The van der Waals surface area contributed by atoms with Gasteiger partial charge in [-0.25, -0.2) is 0 Å². The van der Waals surface area contributed by atoms with E-state index in [1.54, 1.807) is 12.1 Å². The Bertz CT molecular complexity index is 549. The van der Waals surface area contributed by atoms with E-state index in [2.05, 4.69) is 10.6 Å². The van der Waals surface area contributed by atoms with E-state index >= 15 is 0 Å². The van der Waals surface area contributed by atoms with Crippen LogP contribution in [-0.4, -0.2) is 29.1 Å². The predicted molar refractivity (Wildman–Crippen MR) is 93.0 cm³/mol. The fourth-order valence-corrected chi connectivity index (χ4v) is 2.43. The first-order chi connectivity index (χ1) is 10.8. The Morgan fingerprint density at radius 1 is 1.35 bits per heavy atom. The molecule has 0 heterocycles. The molecule has 1 amide bonds. The Labute approximate surface area is 142 Å². The summed E-state index contributed by atoms with van der Waals surface area (Å²) in [5.74, 6) is -1.06. The van der Waals surface area contributed by atoms with Gasteiger partial charge >= 0.3 is 5.97 Å². The quantitative estimate of drug-likeness (QED) is 0.641. The first-order valence-electron chi connectivity index (χ1n) is 7.88. The normalized spacial score (nSPS) is 13.4. The summed E-state index contributed by atoms with van der Waals surface area (Å²) in [5.41, 5.74) is 1.58. The summed E-state index contributed by atoms with van der Waals surface area (Å²) >= 11 is 6.03. The van der Waals surface area contributed by atoms with Crippen LogP contribution in [0.25, 0.3) is 0 Å². The van der Waals surface area contributed by atoms with E-state index in [0.717, 1.165) is 18.4 Å². The van der Waals surface area contributed by atoms with Crippen LogP contribution in [0.4, 0.5) is 5.69 Å². The second-order valence-electron chi connectivity index (χ2n) is 5.82. The van der Waals surface area contributed by atoms with Gasteiger partial charge in [-0.1, -0.05) is 37.4 Å². The molecule has 0 aliphatic heterocycles. The molecule has 1 aromatic rings. The summed E-state index contributed by atoms with van der Waals surface area (Å²) in [6.07, 6.45) is 2.53. The van der Waals surface area contributed by atoms with Crippen LogP contribution in [0.2, 0.25) is 5.02 Å². The molecule has 0 fully saturated rings. The highest BCUT2D eigenvalue weighted by atomic mass is 35.5. The number of carboxylic acids is 1. The van der Waals surface area contributed by atoms with Crippen LogP contribution in [0.15, 0.2) is 18.2 Å². The number of nitrogens with one attached hydrogen (secondary N) is 2. The van der Waals surface area contributed by atoms with Gasteiger partial charge in [0, 0.05) is 23.2 Å². The SMILES string of the molecule is CCCC[C@H](NC(C)CC(=O)Nc1ccc(C)c(Cl)c1)C(=O)O. The third-order valence-electron chi connectivity index (χ3n) is 3.58. The van der Waals surface area contributed by atoms with Gasteiger partial charge in [-0.05, 0) is 38.0 Å². The number of unbranched alkanes of at least 4 members (excludes halogenated alkanes) is 1. The second-order valence-corrected chi connectivity index (χ2v) is 6.22. The van der Waals surface area contributed by atoms with Gasteiger partial charge in [-0.15, -0.1) is 0 Å². The average molecular weight is 341 g/mol. The monoisotopic (exact) mass is 340 g/mol. The fourth-order valence-electron chi connectivity index (χ4n) is 2.25. The number of aryl methyl sites for hydroxylation is 1. The van der Waals surface area contributed by atoms with Crippen LogP contribution in [-0.2, 0) is 9.59 Å². The van der Waals surface area contributed by atoms with E-state index < -0.39 is 12.0 Å². The maximum atomic E-state index is 12.0. The van der Waals surface area contributed by atoms with Gasteiger partial charge < -0.3 is 15.7 Å². The Morgan fingerprint density at radius 2 is 2.04 bits per heavy atom. The molecule has 0 spiro atoms. The van der Waals surface area contributed by atoms with Crippen LogP contribution in [0, 0.1) is 6.92 Å². The average Bonchev–Trinajstić information content (AvgIpc) is 2.46. The summed E-state index contributed by atoms with van der Waals surface area (Å²) in [7, 11) is 0. The first kappa shape index (κ1) is 19.5. The van der Waals surface area contributed by atoms with E-state index in [-0.39, 0.29) is 18.4 Å². The van der Waals surface area contributed by atoms with Crippen LogP contribution >= 0.6 is 11.6 Å². The van der Waals surface area contributed by atoms with Gasteiger partial charge in [0.15, 0.2) is 0 Å². The largest absolute Gasteiger partial charge is 0.480 e. The van der Waals surface area contributed by atoms with Gasteiger partial charge in [0.1, 0.15) is 6.04 Å². The highest BCUT2D eigenvalue weighted by Gasteiger charge is 2.20. The number of amides is 1. The third kappa shape index (κ3) is 7.01. The van der Waals surface area contributed by atoms with Crippen LogP contribution in [0.1, 0.15) is 45.1 Å². The Morgan fingerprint density at radius 3 is 2.61 bits per heavy atom. The molecule has 2 atom stereocenters. The number of rotatable bonds is 9. The molecule has 0 radical (unpaired) electrons. The van der Waals surface area contributed by atoms with Crippen LogP contribution in [0.3, 0.4) is 0 Å². The van der Waals surface area contributed by atoms with Crippen molar-refractivity contribution in [2.75, 3.05) is 5.32 Å². The van der Waals surface area contributed by atoms with Gasteiger partial charge in [0.2, 0.25) is 5.91 Å². The number of halogens is 1. The smallest absolute Gasteiger partial charge is 0.320 e. The number of carbonyl (C=O) groups is 2. The third-order valence-corrected chi connectivity index (χ3v) is 3.98. The lowest BCUT2D eigenvalue weighted by Gasteiger charge is -2.19. The molecule has 5 nitrogen and oxygen atoms in total. The summed E-state index contributed by atoms with van der Waals surface area (Å²) in [4.78, 5) is 23.3. The minimum atomic E-state index is -0.879. The summed E-state index contributed by atoms with van der Waals surface area (Å²) in [5, 5.41) is 15.6. The van der Waals surface area contributed by atoms with E-state index in [1.165, 1.54) is 0 Å². The number of hydrogen-bond donors (Lipinski definition) is 3. The molecule has 0 saturated carbocycles. The van der Waals surface area contributed by atoms with Crippen molar-refractivity contribution in [2.24, 2.45) is 0 Å². The van der Waals surface area contributed by atoms with Crippen LogP contribution in [0.5, 0.6) is 0 Å². The molecular weight excluding hydrogens is 316 g/mol. The summed E-state index contributed by atoms with van der Waals surface area (Å²) in [6, 6.07) is 4.48. The zero-order chi connectivity index (χ0) is 17.4. The highest BCUT2D eigenvalue weighted by Crippen LogP contribution is 2.20. The summed E-state index contributed by atoms with van der Waals surface area (Å²) in [6.45, 7) is 5.72. The maximum absolute atomic E-state index is 12.0. The molecule has 1 rings (SSSR count). The summed E-state index contributed by atoms with van der Waals surface area (Å²) < 4.78 is 0. The minimum absolute atomic E-state index is 0.176. The van der Waals surface area contributed by atoms with Gasteiger partial charge in [-0.3, -0.25) is 9.59 Å². The molecule has 1 unspecified atom stereocenters. The van der Waals surface area contributed by atoms with Crippen molar-refractivity contribution >= 4 is 29.2 Å². The zero-order valence-electron chi connectivity index (χ0n) is 13.9. The standard InChI is InChI=1S/C17H25ClN2O3/c1-4-5-6-15(17(22)23)19-12(3)9-16(21)20-13-8-7-11(2)14(18)10-13/h7-8,10,12,15,19H,4-6,9H2,1-3H3,(H,20,21)(H,22,23)/t12?,15-/m0/s1. The Balaban J connectivity index is 2.51. The number of carbonyl (C=O) groups excluding carboxylic acids is 1. The van der Waals surface area contributed by atoms with E-state index in [1.807, 2.05) is 26.8 Å². The molecule has 0 aliphatic carbocycles. The van der Waals surface area contributed by atoms with Crippen molar-refractivity contribution in [3.05, 3.63) is 28.8 Å². The van der Waals surface area contributed by atoms with E-state index in [0.29, 0.717) is 17.1 Å². The van der Waals surface area contributed by atoms with Crippen molar-refractivity contribution in [3.63, 3.8) is 0 Å². The van der Waals surface area contributed by atoms with Crippen LogP contribution < -0.4 is 10.6 Å². The highest BCUT2D eigenvalue weighted by molar-refractivity contribution is 6.31. The van der Waals surface area contributed by atoms with Crippen molar-refractivity contribution in [1.29, 1.82) is 0 Å². The molecule has 0 saturated heterocycles. The second kappa shape index (κ2) is 9.53. The van der Waals surface area contributed by atoms with Crippen molar-refractivity contribution in [2.45, 2.75) is 58.5 Å². The topological polar surface area (TPSA) is 78.4 Å². The molecule has 0 bridgehead atoms. The van der Waals surface area contributed by atoms with E-state index in [4.69, 9.17) is 11.6 Å². The van der Waals surface area contributed by atoms with Crippen molar-refractivity contribution in [1.82, 2.24) is 5.32 Å². The van der Waals surface area contributed by atoms with E-state index in [9.17, 15) is 14.7 Å². The lowest BCUT2D eigenvalue weighted by atomic mass is 10.1. The van der Waals surface area contributed by atoms with Crippen molar-refractivity contribution in [3.8, 4) is 0 Å². The predicted octanol–water partition coefficient (Wildman–Crippen LogP) is 3.60. The van der Waals surface area contributed by atoms with Gasteiger partial charge in [0.25, 0.3) is 0 Å². The number of carboxylic acid groups (broad SMARTS) is 1.